The van der Waals surface area contributed by atoms with Crippen LogP contribution in [0.1, 0.15) is 31.8 Å². The number of rotatable bonds is 8. The molecule has 0 saturated heterocycles. The molecule has 1 N–H and O–H groups in total. The molecule has 6 nitrogen and oxygen atoms in total. The van der Waals surface area contributed by atoms with Gasteiger partial charge in [-0.05, 0) is 60.2 Å². The summed E-state index contributed by atoms with van der Waals surface area (Å²) in [6.45, 7) is 5.94. The standard InChI is InChI=1S/C29H24N2O4/c1-3-18-34-24-15-12-22(13-16-24)28(32)31-30-19-26-25-7-5-4-6-21(25)14-17-27(26)35-29(33)23-10-8-20(2)9-11-23/h3-17,19H,1,18H2,2H3,(H,31,32)/b30-19-. The van der Waals surface area contributed by atoms with Crippen molar-refractivity contribution >= 4 is 28.9 Å². The Bertz CT molecular complexity index is 1390. The van der Waals surface area contributed by atoms with E-state index in [1.54, 1.807) is 48.5 Å². The fraction of sp³-hybridized carbons (Fsp3) is 0.0690. The summed E-state index contributed by atoms with van der Waals surface area (Å²) >= 11 is 0. The summed E-state index contributed by atoms with van der Waals surface area (Å²) in [6.07, 6.45) is 3.13. The zero-order chi connectivity index (χ0) is 24.6. The maximum absolute atomic E-state index is 12.7. The molecule has 1 amide bonds. The van der Waals surface area contributed by atoms with Gasteiger partial charge in [0.1, 0.15) is 18.1 Å². The van der Waals surface area contributed by atoms with Gasteiger partial charge in [-0.25, -0.2) is 10.2 Å². The van der Waals surface area contributed by atoms with E-state index in [0.29, 0.717) is 34.8 Å². The molecule has 6 heteroatoms. The van der Waals surface area contributed by atoms with Crippen molar-refractivity contribution in [2.75, 3.05) is 6.61 Å². The molecule has 0 bridgehead atoms. The third kappa shape index (κ3) is 5.81. The number of carbonyl (C=O) groups is 2. The van der Waals surface area contributed by atoms with Crippen molar-refractivity contribution < 1.29 is 19.1 Å². The molecule has 0 aliphatic heterocycles. The number of aryl methyl sites for hydroxylation is 1. The van der Waals surface area contributed by atoms with Crippen molar-refractivity contribution in [1.82, 2.24) is 5.43 Å². The lowest BCUT2D eigenvalue weighted by Gasteiger charge is -2.11. The number of hydrogen-bond donors (Lipinski definition) is 1. The Labute approximate surface area is 203 Å². The lowest BCUT2D eigenvalue weighted by molar-refractivity contribution is 0.0734. The highest BCUT2D eigenvalue weighted by molar-refractivity contribution is 6.04. The van der Waals surface area contributed by atoms with Crippen molar-refractivity contribution in [3.05, 3.63) is 120 Å². The van der Waals surface area contributed by atoms with E-state index in [1.165, 1.54) is 6.21 Å². The lowest BCUT2D eigenvalue weighted by Crippen LogP contribution is -2.17. The molecule has 35 heavy (non-hydrogen) atoms. The molecule has 174 valence electrons. The average molecular weight is 465 g/mol. The highest BCUT2D eigenvalue weighted by Crippen LogP contribution is 2.27. The van der Waals surface area contributed by atoms with Gasteiger partial charge >= 0.3 is 5.97 Å². The first-order chi connectivity index (χ1) is 17.0. The summed E-state index contributed by atoms with van der Waals surface area (Å²) in [5.74, 6) is 0.129. The van der Waals surface area contributed by atoms with Gasteiger partial charge in [-0.2, -0.15) is 5.10 Å². The maximum atomic E-state index is 12.7. The van der Waals surface area contributed by atoms with E-state index >= 15 is 0 Å². The number of benzene rings is 4. The normalized spacial score (nSPS) is 10.8. The van der Waals surface area contributed by atoms with Crippen LogP contribution in [0.15, 0.2) is 103 Å². The Morgan fingerprint density at radius 1 is 0.914 bits per heavy atom. The molecule has 0 unspecified atom stereocenters. The van der Waals surface area contributed by atoms with Crippen LogP contribution in [0.3, 0.4) is 0 Å². The Hall–Kier alpha value is -4.71. The fourth-order valence-electron chi connectivity index (χ4n) is 3.42. The minimum atomic E-state index is -0.474. The van der Waals surface area contributed by atoms with Gasteiger partial charge in [-0.1, -0.05) is 60.7 Å². The van der Waals surface area contributed by atoms with E-state index in [4.69, 9.17) is 9.47 Å². The van der Waals surface area contributed by atoms with Crippen LogP contribution in [0, 0.1) is 6.92 Å². The number of nitrogens with zero attached hydrogens (tertiary/aromatic N) is 1. The highest BCUT2D eigenvalue weighted by atomic mass is 16.5. The second-order valence-electron chi connectivity index (χ2n) is 7.78. The molecule has 0 heterocycles. The van der Waals surface area contributed by atoms with E-state index in [1.807, 2.05) is 49.4 Å². The number of fused-ring (bicyclic) bond motifs is 1. The van der Waals surface area contributed by atoms with Gasteiger partial charge < -0.3 is 9.47 Å². The van der Waals surface area contributed by atoms with Crippen LogP contribution in [0.5, 0.6) is 11.5 Å². The molecule has 0 spiro atoms. The van der Waals surface area contributed by atoms with Crippen LogP contribution >= 0.6 is 0 Å². The predicted molar refractivity (Wildman–Crippen MR) is 137 cm³/mol. The minimum absolute atomic E-state index is 0.344. The first-order valence-corrected chi connectivity index (χ1v) is 11.0. The topological polar surface area (TPSA) is 77.0 Å². The Balaban J connectivity index is 1.55. The third-order valence-electron chi connectivity index (χ3n) is 5.26. The Morgan fingerprint density at radius 2 is 1.63 bits per heavy atom. The highest BCUT2D eigenvalue weighted by Gasteiger charge is 2.14. The number of carbonyl (C=O) groups excluding carboxylic acids is 2. The summed E-state index contributed by atoms with van der Waals surface area (Å²) in [6, 6.07) is 25.1. The Kier molecular flexibility index (Phi) is 7.33. The van der Waals surface area contributed by atoms with Crippen LogP contribution in [0.2, 0.25) is 0 Å². The number of esters is 1. The lowest BCUT2D eigenvalue weighted by atomic mass is 10.0. The third-order valence-corrected chi connectivity index (χ3v) is 5.26. The second kappa shape index (κ2) is 10.9. The number of amides is 1. The Morgan fingerprint density at radius 3 is 2.37 bits per heavy atom. The van der Waals surface area contributed by atoms with Crippen LogP contribution in [0.25, 0.3) is 10.8 Å². The van der Waals surface area contributed by atoms with Crippen molar-refractivity contribution in [1.29, 1.82) is 0 Å². The maximum Gasteiger partial charge on any atom is 0.343 e. The molecule has 4 aromatic carbocycles. The van der Waals surface area contributed by atoms with Crippen molar-refractivity contribution in [2.24, 2.45) is 5.10 Å². The molecule has 4 rings (SSSR count). The molecular weight excluding hydrogens is 440 g/mol. The van der Waals surface area contributed by atoms with Crippen LogP contribution in [-0.2, 0) is 0 Å². The SMILES string of the molecule is C=CCOc1ccc(C(=O)N/N=C\c2c(OC(=O)c3ccc(C)cc3)ccc3ccccc23)cc1. The van der Waals surface area contributed by atoms with Gasteiger partial charge in [0.2, 0.25) is 0 Å². The van der Waals surface area contributed by atoms with Crippen LogP contribution < -0.4 is 14.9 Å². The first-order valence-electron chi connectivity index (χ1n) is 11.0. The van der Waals surface area contributed by atoms with Crippen molar-refractivity contribution in [3.8, 4) is 11.5 Å². The van der Waals surface area contributed by atoms with Crippen molar-refractivity contribution in [3.63, 3.8) is 0 Å². The number of hydrogen-bond acceptors (Lipinski definition) is 5. The molecule has 4 aromatic rings. The van der Waals surface area contributed by atoms with Crippen molar-refractivity contribution in [2.45, 2.75) is 6.92 Å². The average Bonchev–Trinajstić information content (AvgIpc) is 2.89. The molecule has 0 fully saturated rings. The molecule has 0 atom stereocenters. The largest absolute Gasteiger partial charge is 0.490 e. The monoisotopic (exact) mass is 464 g/mol. The molecule has 0 saturated carbocycles. The summed E-state index contributed by atoms with van der Waals surface area (Å²) in [5.41, 5.74) is 5.03. The van der Waals surface area contributed by atoms with E-state index in [9.17, 15) is 9.59 Å². The quantitative estimate of drug-likeness (QED) is 0.119. The number of hydrazone groups is 1. The number of nitrogens with one attached hydrogen (secondary N) is 1. The smallest absolute Gasteiger partial charge is 0.343 e. The van der Waals surface area contributed by atoms with Crippen LogP contribution in [-0.4, -0.2) is 24.7 Å². The van der Waals surface area contributed by atoms with Gasteiger partial charge in [0, 0.05) is 11.1 Å². The minimum Gasteiger partial charge on any atom is -0.490 e. The first kappa shape index (κ1) is 23.4. The molecule has 0 radical (unpaired) electrons. The summed E-state index contributed by atoms with van der Waals surface area (Å²) < 4.78 is 11.1. The molecule has 0 aliphatic carbocycles. The van der Waals surface area contributed by atoms with E-state index < -0.39 is 5.97 Å². The summed E-state index contributed by atoms with van der Waals surface area (Å²) in [4.78, 5) is 25.3. The van der Waals surface area contributed by atoms with Crippen LogP contribution in [0.4, 0.5) is 0 Å². The zero-order valence-corrected chi connectivity index (χ0v) is 19.2. The zero-order valence-electron chi connectivity index (χ0n) is 19.2. The predicted octanol–water partition coefficient (Wildman–Crippen LogP) is 5.70. The van der Waals surface area contributed by atoms with Gasteiger partial charge in [0.15, 0.2) is 0 Å². The van der Waals surface area contributed by atoms with Gasteiger partial charge in [0.25, 0.3) is 5.91 Å². The van der Waals surface area contributed by atoms with Gasteiger partial charge in [-0.15, -0.1) is 0 Å². The van der Waals surface area contributed by atoms with E-state index in [2.05, 4.69) is 17.1 Å². The molecule has 0 aromatic heterocycles. The van der Waals surface area contributed by atoms with Gasteiger partial charge in [0.05, 0.1) is 11.8 Å². The summed E-state index contributed by atoms with van der Waals surface area (Å²) in [5, 5.41) is 5.92. The summed E-state index contributed by atoms with van der Waals surface area (Å²) in [7, 11) is 0. The second-order valence-corrected chi connectivity index (χ2v) is 7.78. The number of ether oxygens (including phenoxy) is 2. The molecular formula is C29H24N2O4. The molecule has 0 aliphatic rings. The van der Waals surface area contributed by atoms with E-state index in [0.717, 1.165) is 16.3 Å². The van der Waals surface area contributed by atoms with Gasteiger partial charge in [-0.3, -0.25) is 4.79 Å². The fourth-order valence-corrected chi connectivity index (χ4v) is 3.42. The van der Waals surface area contributed by atoms with E-state index in [-0.39, 0.29) is 5.91 Å².